The van der Waals surface area contributed by atoms with E-state index < -0.39 is 0 Å². The predicted octanol–water partition coefficient (Wildman–Crippen LogP) is 2.85. The van der Waals surface area contributed by atoms with Gasteiger partial charge in [-0.15, -0.1) is 11.8 Å². The summed E-state index contributed by atoms with van der Waals surface area (Å²) in [6, 6.07) is 10.2. The van der Waals surface area contributed by atoms with Gasteiger partial charge in [0.25, 0.3) is 0 Å². The van der Waals surface area contributed by atoms with Gasteiger partial charge in [0.2, 0.25) is 0 Å². The Kier molecular flexibility index (Phi) is 4.19. The van der Waals surface area contributed by atoms with Crippen molar-refractivity contribution in [2.75, 3.05) is 12.4 Å². The minimum Gasteiger partial charge on any atom is -0.236 e. The van der Waals surface area contributed by atoms with Crippen LogP contribution in [0.5, 0.6) is 0 Å². The summed E-state index contributed by atoms with van der Waals surface area (Å²) in [4.78, 5) is 1.25. The van der Waals surface area contributed by atoms with Gasteiger partial charge in [-0.3, -0.25) is 0 Å². The quantitative estimate of drug-likeness (QED) is 0.654. The van der Waals surface area contributed by atoms with E-state index in [1.54, 1.807) is 11.8 Å². The SMILES string of the molecule is CC(C[O])CSc1ccccc1. The van der Waals surface area contributed by atoms with Gasteiger partial charge < -0.3 is 0 Å². The molecule has 0 heterocycles. The summed E-state index contributed by atoms with van der Waals surface area (Å²) in [6.45, 7) is 2.02. The monoisotopic (exact) mass is 181 g/mol. The van der Waals surface area contributed by atoms with Gasteiger partial charge >= 0.3 is 0 Å². The third kappa shape index (κ3) is 3.28. The van der Waals surface area contributed by atoms with Crippen LogP contribution in [-0.4, -0.2) is 12.4 Å². The van der Waals surface area contributed by atoms with Crippen LogP contribution in [0.4, 0.5) is 0 Å². The molecule has 0 saturated heterocycles. The van der Waals surface area contributed by atoms with Crippen molar-refractivity contribution in [2.45, 2.75) is 11.8 Å². The summed E-state index contributed by atoms with van der Waals surface area (Å²) < 4.78 is 0. The maximum absolute atomic E-state index is 10.4. The van der Waals surface area contributed by atoms with E-state index in [4.69, 9.17) is 0 Å². The van der Waals surface area contributed by atoms with Crippen LogP contribution < -0.4 is 0 Å². The molecule has 1 unspecified atom stereocenters. The molecule has 0 saturated carbocycles. The molecule has 0 aliphatic heterocycles. The van der Waals surface area contributed by atoms with Crippen LogP contribution >= 0.6 is 11.8 Å². The molecule has 0 spiro atoms. The average Bonchev–Trinajstić information content (AvgIpc) is 2.16. The van der Waals surface area contributed by atoms with Crippen molar-refractivity contribution in [3.05, 3.63) is 30.3 Å². The Balaban J connectivity index is 2.33. The molecule has 1 atom stereocenters. The first-order valence-electron chi connectivity index (χ1n) is 4.09. The Hall–Kier alpha value is -0.470. The van der Waals surface area contributed by atoms with E-state index in [0.29, 0.717) is 0 Å². The Labute approximate surface area is 77.8 Å². The van der Waals surface area contributed by atoms with Crippen LogP contribution in [0.2, 0.25) is 0 Å². The maximum atomic E-state index is 10.4. The number of hydrogen-bond donors (Lipinski definition) is 0. The van der Waals surface area contributed by atoms with Crippen molar-refractivity contribution in [1.29, 1.82) is 0 Å². The molecule has 1 aromatic rings. The first-order valence-corrected chi connectivity index (χ1v) is 5.07. The van der Waals surface area contributed by atoms with Gasteiger partial charge in [0.15, 0.2) is 0 Å². The van der Waals surface area contributed by atoms with Crippen LogP contribution in [0.1, 0.15) is 6.92 Å². The molecule has 12 heavy (non-hydrogen) atoms. The molecule has 1 radical (unpaired) electrons. The van der Waals surface area contributed by atoms with Crippen molar-refractivity contribution in [1.82, 2.24) is 0 Å². The van der Waals surface area contributed by atoms with Crippen molar-refractivity contribution in [2.24, 2.45) is 5.92 Å². The molecule has 0 aromatic heterocycles. The first-order chi connectivity index (χ1) is 5.83. The average molecular weight is 181 g/mol. The number of thioether (sulfide) groups is 1. The highest BCUT2D eigenvalue weighted by atomic mass is 32.2. The maximum Gasteiger partial charge on any atom is 0.0855 e. The fourth-order valence-electron chi connectivity index (χ4n) is 0.803. The Morgan fingerprint density at radius 3 is 2.58 bits per heavy atom. The lowest BCUT2D eigenvalue weighted by atomic mass is 10.2. The predicted molar refractivity (Wildman–Crippen MR) is 51.9 cm³/mol. The summed E-state index contributed by atoms with van der Waals surface area (Å²) >= 11 is 1.75. The topological polar surface area (TPSA) is 19.9 Å². The van der Waals surface area contributed by atoms with Gasteiger partial charge in [0.1, 0.15) is 0 Å². The van der Waals surface area contributed by atoms with Gasteiger partial charge in [0, 0.05) is 10.6 Å². The van der Waals surface area contributed by atoms with Crippen LogP contribution in [0.15, 0.2) is 35.2 Å². The molecule has 1 aromatic carbocycles. The third-order valence-electron chi connectivity index (χ3n) is 1.56. The Morgan fingerprint density at radius 1 is 1.33 bits per heavy atom. The second-order valence-electron chi connectivity index (χ2n) is 2.90. The lowest BCUT2D eigenvalue weighted by Crippen LogP contribution is -2.01. The largest absolute Gasteiger partial charge is 0.236 e. The summed E-state index contributed by atoms with van der Waals surface area (Å²) in [5, 5.41) is 10.4. The molecular weight excluding hydrogens is 168 g/mol. The molecule has 0 amide bonds. The van der Waals surface area contributed by atoms with Crippen LogP contribution in [0, 0.1) is 5.92 Å². The van der Waals surface area contributed by atoms with Gasteiger partial charge in [-0.05, 0) is 18.1 Å². The molecule has 0 aliphatic carbocycles. The minimum atomic E-state index is 0.0276. The number of hydrogen-bond acceptors (Lipinski definition) is 1. The van der Waals surface area contributed by atoms with E-state index in [1.807, 2.05) is 25.1 Å². The summed E-state index contributed by atoms with van der Waals surface area (Å²) in [5.74, 6) is 1.20. The molecular formula is C10H13OS. The van der Waals surface area contributed by atoms with Gasteiger partial charge in [0.05, 0.1) is 6.61 Å². The highest BCUT2D eigenvalue weighted by molar-refractivity contribution is 7.99. The second-order valence-corrected chi connectivity index (χ2v) is 3.99. The highest BCUT2D eigenvalue weighted by Gasteiger charge is 2.00. The lowest BCUT2D eigenvalue weighted by molar-refractivity contribution is 0.160. The summed E-state index contributed by atoms with van der Waals surface area (Å²) in [7, 11) is 0. The van der Waals surface area contributed by atoms with Gasteiger partial charge in [-0.25, -0.2) is 5.11 Å². The zero-order chi connectivity index (χ0) is 8.81. The standard InChI is InChI=1S/C10H13OS/c1-9(7-11)8-12-10-5-3-2-4-6-10/h2-6,9H,7-8H2,1H3. The summed E-state index contributed by atoms with van der Waals surface area (Å²) in [5.41, 5.74) is 0. The summed E-state index contributed by atoms with van der Waals surface area (Å²) in [6.07, 6.45) is 0. The molecule has 1 rings (SSSR count). The zero-order valence-electron chi connectivity index (χ0n) is 7.19. The van der Waals surface area contributed by atoms with E-state index in [1.165, 1.54) is 4.90 Å². The lowest BCUT2D eigenvalue weighted by Gasteiger charge is -2.05. The zero-order valence-corrected chi connectivity index (χ0v) is 8.01. The Morgan fingerprint density at radius 2 is 2.00 bits per heavy atom. The second kappa shape index (κ2) is 5.22. The Bertz CT molecular complexity index is 210. The minimum absolute atomic E-state index is 0.0276. The van der Waals surface area contributed by atoms with Gasteiger partial charge in [-0.2, -0.15) is 0 Å². The number of rotatable bonds is 4. The molecule has 65 valence electrons. The van der Waals surface area contributed by atoms with E-state index >= 15 is 0 Å². The van der Waals surface area contributed by atoms with Gasteiger partial charge in [-0.1, -0.05) is 25.1 Å². The van der Waals surface area contributed by atoms with E-state index in [0.717, 1.165) is 5.75 Å². The van der Waals surface area contributed by atoms with Crippen LogP contribution in [0.3, 0.4) is 0 Å². The number of benzene rings is 1. The highest BCUT2D eigenvalue weighted by Crippen LogP contribution is 2.19. The van der Waals surface area contributed by atoms with Crippen molar-refractivity contribution in [3.8, 4) is 0 Å². The van der Waals surface area contributed by atoms with E-state index in [-0.39, 0.29) is 12.5 Å². The smallest absolute Gasteiger partial charge is 0.0855 e. The fourth-order valence-corrected chi connectivity index (χ4v) is 1.73. The van der Waals surface area contributed by atoms with Crippen molar-refractivity contribution in [3.63, 3.8) is 0 Å². The molecule has 0 fully saturated rings. The molecule has 0 N–H and O–H groups in total. The molecule has 0 bridgehead atoms. The molecule has 0 aliphatic rings. The fraction of sp³-hybridized carbons (Fsp3) is 0.400. The van der Waals surface area contributed by atoms with Crippen LogP contribution in [0.25, 0.3) is 0 Å². The normalized spacial score (nSPS) is 12.8. The van der Waals surface area contributed by atoms with E-state index in [2.05, 4.69) is 12.1 Å². The molecule has 2 heteroatoms. The molecule has 1 nitrogen and oxygen atoms in total. The first kappa shape index (κ1) is 9.62. The third-order valence-corrected chi connectivity index (χ3v) is 2.90. The van der Waals surface area contributed by atoms with Crippen molar-refractivity contribution < 1.29 is 5.11 Å². The van der Waals surface area contributed by atoms with E-state index in [9.17, 15) is 5.11 Å². The van der Waals surface area contributed by atoms with Crippen molar-refractivity contribution >= 4 is 11.8 Å². The van der Waals surface area contributed by atoms with Crippen LogP contribution in [-0.2, 0) is 5.11 Å².